The van der Waals surface area contributed by atoms with E-state index in [2.05, 4.69) is 5.32 Å². The number of amides is 1. The number of anilines is 2. The van der Waals surface area contributed by atoms with E-state index in [1.807, 2.05) is 0 Å². The van der Waals surface area contributed by atoms with Crippen LogP contribution >= 0.6 is 0 Å². The summed E-state index contributed by atoms with van der Waals surface area (Å²) in [6.45, 7) is 0.420. The lowest BCUT2D eigenvalue weighted by molar-refractivity contribution is 0.102. The van der Waals surface area contributed by atoms with Crippen molar-refractivity contribution >= 4 is 38.3 Å². The molecule has 0 atom stereocenters. The normalized spacial score (nSPS) is 15.8. The maximum absolute atomic E-state index is 12.6. The lowest BCUT2D eigenvalue weighted by atomic mass is 10.1. The Morgan fingerprint density at radius 1 is 1.07 bits per heavy atom. The van der Waals surface area contributed by atoms with Gasteiger partial charge in [-0.1, -0.05) is 6.07 Å². The van der Waals surface area contributed by atoms with Crippen molar-refractivity contribution in [2.75, 3.05) is 21.9 Å². The third-order valence-electron chi connectivity index (χ3n) is 4.37. The number of nitrogens with zero attached hydrogens (tertiary/aromatic N) is 1. The first-order valence-corrected chi connectivity index (χ1v) is 9.99. The highest BCUT2D eigenvalue weighted by atomic mass is 32.2. The summed E-state index contributed by atoms with van der Waals surface area (Å²) in [5.74, 6) is -0.235. The predicted octanol–water partition coefficient (Wildman–Crippen LogP) is 2.59. The van der Waals surface area contributed by atoms with Crippen molar-refractivity contribution in [2.45, 2.75) is 6.42 Å². The van der Waals surface area contributed by atoms with Crippen molar-refractivity contribution in [1.29, 1.82) is 0 Å². The largest absolute Gasteiger partial charge is 0.423 e. The van der Waals surface area contributed by atoms with E-state index >= 15 is 0 Å². The summed E-state index contributed by atoms with van der Waals surface area (Å²) in [5, 5.41) is 3.46. The monoisotopic (exact) mass is 384 g/mol. The topological polar surface area (TPSA) is 96.7 Å². The first-order chi connectivity index (χ1) is 12.9. The zero-order valence-electron chi connectivity index (χ0n) is 14.2. The summed E-state index contributed by atoms with van der Waals surface area (Å²) in [4.78, 5) is 23.8. The molecule has 0 radical (unpaired) electrons. The third-order valence-corrected chi connectivity index (χ3v) is 6.24. The van der Waals surface area contributed by atoms with Gasteiger partial charge in [-0.15, -0.1) is 0 Å². The summed E-state index contributed by atoms with van der Waals surface area (Å²) in [6, 6.07) is 14.4. The number of sulfonamides is 1. The Kier molecular flexibility index (Phi) is 4.19. The number of carbonyl (C=O) groups is 1. The van der Waals surface area contributed by atoms with Crippen molar-refractivity contribution in [3.63, 3.8) is 0 Å². The van der Waals surface area contributed by atoms with Crippen LogP contribution in [0.15, 0.2) is 63.8 Å². The van der Waals surface area contributed by atoms with Crippen molar-refractivity contribution in [3.05, 3.63) is 70.6 Å². The average Bonchev–Trinajstić information content (AvgIpc) is 3.01. The summed E-state index contributed by atoms with van der Waals surface area (Å²) in [6.07, 6.45) is 0.575. The molecular weight excluding hydrogens is 368 g/mol. The summed E-state index contributed by atoms with van der Waals surface area (Å²) in [7, 11) is -3.30. The lowest BCUT2D eigenvalue weighted by Gasteiger charge is -2.17. The minimum Gasteiger partial charge on any atom is -0.423 e. The fourth-order valence-corrected chi connectivity index (χ4v) is 4.64. The molecule has 0 unspecified atom stereocenters. The fourth-order valence-electron chi connectivity index (χ4n) is 3.08. The van der Waals surface area contributed by atoms with Crippen LogP contribution in [-0.2, 0) is 10.0 Å². The average molecular weight is 384 g/mol. The molecule has 0 saturated carbocycles. The van der Waals surface area contributed by atoms with Crippen LogP contribution < -0.4 is 15.2 Å². The van der Waals surface area contributed by atoms with Crippen molar-refractivity contribution < 1.29 is 17.6 Å². The van der Waals surface area contributed by atoms with E-state index in [-0.39, 0.29) is 11.7 Å². The maximum Gasteiger partial charge on any atom is 0.336 e. The van der Waals surface area contributed by atoms with Crippen LogP contribution in [0.2, 0.25) is 0 Å². The molecule has 2 aromatic carbocycles. The summed E-state index contributed by atoms with van der Waals surface area (Å²) >= 11 is 0. The molecule has 2 heterocycles. The summed E-state index contributed by atoms with van der Waals surface area (Å²) < 4.78 is 30.6. The van der Waals surface area contributed by atoms with E-state index in [1.54, 1.807) is 48.5 Å². The van der Waals surface area contributed by atoms with Gasteiger partial charge < -0.3 is 9.73 Å². The van der Waals surface area contributed by atoms with Gasteiger partial charge in [0.1, 0.15) is 5.58 Å². The van der Waals surface area contributed by atoms with Crippen molar-refractivity contribution in [1.82, 2.24) is 0 Å². The van der Waals surface area contributed by atoms with Gasteiger partial charge in [0.2, 0.25) is 10.0 Å². The minimum absolute atomic E-state index is 0.122. The molecule has 1 aliphatic heterocycles. The van der Waals surface area contributed by atoms with Crippen LogP contribution in [0.1, 0.15) is 16.8 Å². The first-order valence-electron chi connectivity index (χ1n) is 8.38. The predicted molar refractivity (Wildman–Crippen MR) is 103 cm³/mol. The van der Waals surface area contributed by atoms with E-state index in [4.69, 9.17) is 4.42 Å². The standard InChI is InChI=1S/C19H16N2O5S/c22-18-8-5-13-11-15(6-7-17(13)26-18)20-19(23)14-3-1-4-16(12-14)21-9-2-10-27(21,24)25/h1,3-8,11-12H,2,9-10H2,(H,20,23). The Morgan fingerprint density at radius 2 is 1.93 bits per heavy atom. The lowest BCUT2D eigenvalue weighted by Crippen LogP contribution is -2.25. The highest BCUT2D eigenvalue weighted by molar-refractivity contribution is 7.93. The number of hydrogen-bond acceptors (Lipinski definition) is 5. The fraction of sp³-hybridized carbons (Fsp3) is 0.158. The highest BCUT2D eigenvalue weighted by Gasteiger charge is 2.28. The number of fused-ring (bicyclic) bond motifs is 1. The van der Waals surface area contributed by atoms with E-state index in [0.29, 0.717) is 40.9 Å². The quantitative estimate of drug-likeness (QED) is 0.700. The molecule has 1 N–H and O–H groups in total. The molecule has 3 aromatic rings. The number of benzene rings is 2. The van der Waals surface area contributed by atoms with E-state index in [9.17, 15) is 18.0 Å². The first kappa shape index (κ1) is 17.3. The molecule has 138 valence electrons. The van der Waals surface area contributed by atoms with Gasteiger partial charge in [0.15, 0.2) is 0 Å². The second-order valence-electron chi connectivity index (χ2n) is 6.25. The number of hydrogen-bond donors (Lipinski definition) is 1. The van der Waals surface area contributed by atoms with Gasteiger partial charge in [-0.05, 0) is 48.9 Å². The van der Waals surface area contributed by atoms with Gasteiger partial charge in [-0.2, -0.15) is 0 Å². The Hall–Kier alpha value is -3.13. The van der Waals surface area contributed by atoms with Crippen molar-refractivity contribution in [2.24, 2.45) is 0 Å². The zero-order chi connectivity index (χ0) is 19.0. The minimum atomic E-state index is -3.30. The van der Waals surface area contributed by atoms with Crippen LogP contribution in [0.25, 0.3) is 11.0 Å². The molecule has 0 bridgehead atoms. The molecule has 0 spiro atoms. The molecule has 0 aliphatic carbocycles. The zero-order valence-corrected chi connectivity index (χ0v) is 15.0. The van der Waals surface area contributed by atoms with Gasteiger partial charge in [0.05, 0.1) is 11.4 Å². The molecule has 1 saturated heterocycles. The van der Waals surface area contributed by atoms with Gasteiger partial charge in [0, 0.05) is 29.2 Å². The van der Waals surface area contributed by atoms with Gasteiger partial charge in [0.25, 0.3) is 5.91 Å². The molecule has 1 aliphatic rings. The van der Waals surface area contributed by atoms with Crippen LogP contribution in [0, 0.1) is 0 Å². The number of carbonyl (C=O) groups excluding carboxylic acids is 1. The maximum atomic E-state index is 12.6. The van der Waals surface area contributed by atoms with E-state index in [1.165, 1.54) is 10.4 Å². The van der Waals surface area contributed by atoms with Crippen LogP contribution in [0.3, 0.4) is 0 Å². The van der Waals surface area contributed by atoms with Gasteiger partial charge in [-0.3, -0.25) is 9.10 Å². The molecule has 8 heteroatoms. The van der Waals surface area contributed by atoms with Crippen LogP contribution in [-0.4, -0.2) is 26.6 Å². The van der Waals surface area contributed by atoms with Crippen LogP contribution in [0.4, 0.5) is 11.4 Å². The third kappa shape index (κ3) is 3.43. The van der Waals surface area contributed by atoms with Crippen LogP contribution in [0.5, 0.6) is 0 Å². The van der Waals surface area contributed by atoms with Gasteiger partial charge in [-0.25, -0.2) is 13.2 Å². The molecule has 1 fully saturated rings. The number of rotatable bonds is 3. The number of nitrogens with one attached hydrogen (secondary N) is 1. The molecular formula is C19H16N2O5S. The molecule has 1 amide bonds. The highest BCUT2D eigenvalue weighted by Crippen LogP contribution is 2.25. The summed E-state index contributed by atoms with van der Waals surface area (Å²) in [5.41, 5.74) is 1.38. The van der Waals surface area contributed by atoms with E-state index in [0.717, 1.165) is 0 Å². The smallest absolute Gasteiger partial charge is 0.336 e. The molecule has 7 nitrogen and oxygen atoms in total. The Morgan fingerprint density at radius 3 is 2.70 bits per heavy atom. The van der Waals surface area contributed by atoms with E-state index < -0.39 is 15.6 Å². The second-order valence-corrected chi connectivity index (χ2v) is 8.27. The molecule has 4 rings (SSSR count). The molecule has 27 heavy (non-hydrogen) atoms. The Labute approximate surface area is 155 Å². The Balaban J connectivity index is 1.59. The SMILES string of the molecule is O=C(Nc1ccc2oc(=O)ccc2c1)c1cccc(N2CCCS2(=O)=O)c1. The molecule has 1 aromatic heterocycles. The Bertz CT molecular complexity index is 1200. The van der Waals surface area contributed by atoms with Gasteiger partial charge >= 0.3 is 5.63 Å². The van der Waals surface area contributed by atoms with Crippen molar-refractivity contribution in [3.8, 4) is 0 Å². The second kappa shape index (κ2) is 6.55.